The van der Waals surface area contributed by atoms with Crippen LogP contribution in [0.3, 0.4) is 0 Å². The molecule has 32 heavy (non-hydrogen) atoms. The van der Waals surface area contributed by atoms with E-state index in [-0.39, 0.29) is 34.8 Å². The van der Waals surface area contributed by atoms with Crippen LogP contribution in [0.15, 0.2) is 11.6 Å². The Morgan fingerprint density at radius 1 is 1.03 bits per heavy atom. The summed E-state index contributed by atoms with van der Waals surface area (Å²) in [6.07, 6.45) is 7.40. The van der Waals surface area contributed by atoms with Gasteiger partial charge in [0.2, 0.25) is 0 Å². The number of hydrogen-bond donors (Lipinski definition) is 1. The number of aliphatic hydroxyl groups is 1. The maximum absolute atomic E-state index is 12.3. The van der Waals surface area contributed by atoms with E-state index in [1.165, 1.54) is 38.7 Å². The SMILES string of the molecule is CC(=O)O[C@H]1CC2[C@@]3(C)CCCC(C)(C)C3CC[C@@]2(C)C2C[C@H](O)C3=CC(=O)O[C@@H]3[C@]21C. The molecule has 3 unspecified atom stereocenters. The lowest BCUT2D eigenvalue weighted by atomic mass is 9.35. The van der Waals surface area contributed by atoms with Crippen molar-refractivity contribution < 1.29 is 24.2 Å². The van der Waals surface area contributed by atoms with Crippen molar-refractivity contribution in [2.75, 3.05) is 0 Å². The van der Waals surface area contributed by atoms with Gasteiger partial charge in [0.25, 0.3) is 0 Å². The average molecular weight is 445 g/mol. The molecule has 1 N–H and O–H groups in total. The van der Waals surface area contributed by atoms with Crippen LogP contribution in [0, 0.1) is 39.4 Å². The van der Waals surface area contributed by atoms with Gasteiger partial charge >= 0.3 is 11.9 Å². The smallest absolute Gasteiger partial charge is 0.331 e. The molecule has 9 atom stereocenters. The lowest BCUT2D eigenvalue weighted by molar-refractivity contribution is -0.258. The largest absolute Gasteiger partial charge is 0.462 e. The average Bonchev–Trinajstić information content (AvgIpc) is 3.08. The molecule has 5 aliphatic rings. The molecule has 178 valence electrons. The van der Waals surface area contributed by atoms with E-state index in [2.05, 4.69) is 34.6 Å². The number of ether oxygens (including phenoxy) is 2. The molecule has 1 heterocycles. The molecule has 4 saturated carbocycles. The minimum Gasteiger partial charge on any atom is -0.462 e. The number of carbonyl (C=O) groups is 2. The normalized spacial score (nSPS) is 51.3. The van der Waals surface area contributed by atoms with Crippen LogP contribution in [0.4, 0.5) is 0 Å². The molecule has 0 aromatic heterocycles. The van der Waals surface area contributed by atoms with Crippen molar-refractivity contribution >= 4 is 11.9 Å². The molecule has 0 saturated heterocycles. The Labute approximate surface area is 192 Å². The van der Waals surface area contributed by atoms with Gasteiger partial charge in [-0.15, -0.1) is 0 Å². The van der Waals surface area contributed by atoms with E-state index < -0.39 is 17.6 Å². The minimum absolute atomic E-state index is 0.00553. The molecular formula is C27H40O5. The summed E-state index contributed by atoms with van der Waals surface area (Å²) in [5.41, 5.74) is 0.649. The summed E-state index contributed by atoms with van der Waals surface area (Å²) in [4.78, 5) is 24.5. The van der Waals surface area contributed by atoms with E-state index >= 15 is 0 Å². The Kier molecular flexibility index (Phi) is 4.79. The van der Waals surface area contributed by atoms with Crippen LogP contribution >= 0.6 is 0 Å². The van der Waals surface area contributed by atoms with Crippen molar-refractivity contribution in [2.24, 2.45) is 39.4 Å². The third-order valence-electron chi connectivity index (χ3n) is 11.1. The van der Waals surface area contributed by atoms with Crippen molar-refractivity contribution in [1.29, 1.82) is 0 Å². The van der Waals surface area contributed by atoms with Crippen LogP contribution in [-0.4, -0.2) is 35.4 Å². The van der Waals surface area contributed by atoms with Gasteiger partial charge in [-0.2, -0.15) is 0 Å². The number of carbonyl (C=O) groups excluding carboxylic acids is 2. The highest BCUT2D eigenvalue weighted by Gasteiger charge is 2.71. The van der Waals surface area contributed by atoms with Gasteiger partial charge in [-0.25, -0.2) is 4.79 Å². The third kappa shape index (κ3) is 2.78. The van der Waals surface area contributed by atoms with Crippen LogP contribution in [-0.2, 0) is 19.1 Å². The maximum atomic E-state index is 12.3. The molecule has 5 nitrogen and oxygen atoms in total. The van der Waals surface area contributed by atoms with Gasteiger partial charge < -0.3 is 14.6 Å². The molecule has 4 aliphatic carbocycles. The lowest BCUT2D eigenvalue weighted by Gasteiger charge is -2.70. The van der Waals surface area contributed by atoms with Crippen molar-refractivity contribution in [3.8, 4) is 0 Å². The van der Waals surface area contributed by atoms with E-state index in [1.807, 2.05) is 0 Å². The van der Waals surface area contributed by atoms with E-state index in [0.717, 1.165) is 12.8 Å². The highest BCUT2D eigenvalue weighted by atomic mass is 16.6. The second kappa shape index (κ2) is 6.84. The molecule has 0 aromatic rings. The molecule has 0 bridgehead atoms. The van der Waals surface area contributed by atoms with Gasteiger partial charge in [0.1, 0.15) is 12.2 Å². The Balaban J connectivity index is 1.63. The van der Waals surface area contributed by atoms with E-state index in [0.29, 0.717) is 29.2 Å². The van der Waals surface area contributed by atoms with Crippen LogP contribution in [0.2, 0.25) is 0 Å². The summed E-state index contributed by atoms with van der Waals surface area (Å²) in [7, 11) is 0. The van der Waals surface area contributed by atoms with Crippen LogP contribution in [0.1, 0.15) is 86.5 Å². The fourth-order valence-electron chi connectivity index (χ4n) is 9.84. The molecular weight excluding hydrogens is 404 g/mol. The topological polar surface area (TPSA) is 72.8 Å². The molecule has 1 aliphatic heterocycles. The molecule has 5 rings (SSSR count). The standard InChI is InChI=1S/C27H40O5/c1-15(28)31-21-14-19-25(4)10-7-9-24(2,3)18(25)8-11-26(19,5)20-13-17(29)16-12-22(30)32-23(16)27(20,21)6/h12,17-21,23,29H,7-11,13-14H2,1-6H3/t17-,18?,19?,20?,21-,23-,25-,26+,27+/m0/s1. The summed E-state index contributed by atoms with van der Waals surface area (Å²) in [6.45, 7) is 13.4. The van der Waals surface area contributed by atoms with Gasteiger partial charge in [0.15, 0.2) is 0 Å². The molecule has 0 amide bonds. The first kappa shape index (κ1) is 22.4. The molecule has 0 aromatic carbocycles. The summed E-state index contributed by atoms with van der Waals surface area (Å²) in [5.74, 6) is 0.512. The number of fused-ring (bicyclic) bond motifs is 7. The third-order valence-corrected chi connectivity index (χ3v) is 11.1. The zero-order valence-corrected chi connectivity index (χ0v) is 20.6. The fraction of sp³-hybridized carbons (Fsp3) is 0.852. The van der Waals surface area contributed by atoms with Crippen molar-refractivity contribution in [3.05, 3.63) is 11.6 Å². The molecule has 0 radical (unpaired) electrons. The molecule has 4 fully saturated rings. The number of esters is 2. The van der Waals surface area contributed by atoms with Crippen LogP contribution < -0.4 is 0 Å². The van der Waals surface area contributed by atoms with E-state index in [4.69, 9.17) is 9.47 Å². The van der Waals surface area contributed by atoms with Crippen molar-refractivity contribution in [3.63, 3.8) is 0 Å². The summed E-state index contributed by atoms with van der Waals surface area (Å²) in [5, 5.41) is 11.1. The summed E-state index contributed by atoms with van der Waals surface area (Å²) >= 11 is 0. The second-order valence-corrected chi connectivity index (χ2v) is 13.0. The first-order valence-corrected chi connectivity index (χ1v) is 12.6. The Morgan fingerprint density at radius 2 is 1.72 bits per heavy atom. The molecule has 0 spiro atoms. The second-order valence-electron chi connectivity index (χ2n) is 13.0. The van der Waals surface area contributed by atoms with Gasteiger partial charge in [-0.3, -0.25) is 4.79 Å². The number of rotatable bonds is 1. The fourth-order valence-corrected chi connectivity index (χ4v) is 9.84. The Bertz CT molecular complexity index is 875. The van der Waals surface area contributed by atoms with Gasteiger partial charge in [-0.05, 0) is 72.5 Å². The first-order chi connectivity index (χ1) is 14.8. The maximum Gasteiger partial charge on any atom is 0.331 e. The summed E-state index contributed by atoms with van der Waals surface area (Å²) in [6, 6.07) is 0. The Hall–Kier alpha value is -1.36. The van der Waals surface area contributed by atoms with Crippen molar-refractivity contribution in [1.82, 2.24) is 0 Å². The van der Waals surface area contributed by atoms with Gasteiger partial charge in [0.05, 0.1) is 6.10 Å². The minimum atomic E-state index is -0.675. The zero-order valence-electron chi connectivity index (χ0n) is 20.6. The number of aliphatic hydroxyl groups excluding tert-OH is 1. The zero-order chi connectivity index (χ0) is 23.3. The predicted molar refractivity (Wildman–Crippen MR) is 120 cm³/mol. The monoisotopic (exact) mass is 444 g/mol. The van der Waals surface area contributed by atoms with Crippen LogP contribution in [0.25, 0.3) is 0 Å². The summed E-state index contributed by atoms with van der Waals surface area (Å²) < 4.78 is 11.9. The van der Waals surface area contributed by atoms with Crippen LogP contribution in [0.5, 0.6) is 0 Å². The lowest BCUT2D eigenvalue weighted by Crippen LogP contribution is -2.69. The van der Waals surface area contributed by atoms with Gasteiger partial charge in [-0.1, -0.05) is 41.0 Å². The number of hydrogen-bond acceptors (Lipinski definition) is 5. The quantitative estimate of drug-likeness (QED) is 0.588. The Morgan fingerprint density at radius 3 is 2.41 bits per heavy atom. The first-order valence-electron chi connectivity index (χ1n) is 12.6. The van der Waals surface area contributed by atoms with E-state index in [1.54, 1.807) is 0 Å². The van der Waals surface area contributed by atoms with Crippen molar-refractivity contribution in [2.45, 2.75) is 105 Å². The predicted octanol–water partition coefficient (Wildman–Crippen LogP) is 4.81. The van der Waals surface area contributed by atoms with E-state index in [9.17, 15) is 14.7 Å². The highest BCUT2D eigenvalue weighted by Crippen LogP contribution is 2.73. The molecule has 5 heteroatoms. The highest BCUT2D eigenvalue weighted by molar-refractivity contribution is 5.86. The van der Waals surface area contributed by atoms with Gasteiger partial charge in [0, 0.05) is 24.0 Å².